The van der Waals surface area contributed by atoms with Crippen LogP contribution >= 0.6 is 35.3 Å². The predicted molar refractivity (Wildman–Crippen MR) is 122 cm³/mol. The first-order valence-electron chi connectivity index (χ1n) is 8.92. The van der Waals surface area contributed by atoms with Gasteiger partial charge in [-0.2, -0.15) is 0 Å². The summed E-state index contributed by atoms with van der Waals surface area (Å²) in [5, 5.41) is 28.3. The lowest BCUT2D eigenvalue weighted by Crippen LogP contribution is -2.41. The molecule has 26 heavy (non-hydrogen) atoms. The van der Waals surface area contributed by atoms with Gasteiger partial charge < -0.3 is 20.8 Å². The van der Waals surface area contributed by atoms with Crippen LogP contribution in [0.5, 0.6) is 0 Å². The van der Waals surface area contributed by atoms with Gasteiger partial charge in [-0.25, -0.2) is 0 Å². The van der Waals surface area contributed by atoms with Crippen LogP contribution in [-0.4, -0.2) is 41.4 Å². The van der Waals surface area contributed by atoms with Gasteiger partial charge in [-0.05, 0) is 37.3 Å². The maximum atomic E-state index is 10.5. The Morgan fingerprint density at radius 2 is 1.88 bits per heavy atom. The first kappa shape index (κ1) is 23.1. The minimum Gasteiger partial charge on any atom is -0.388 e. The zero-order chi connectivity index (χ0) is 18.3. The number of hydrogen-bond donors (Lipinski definition) is 4. The summed E-state index contributed by atoms with van der Waals surface area (Å²) < 4.78 is 1.17. The number of aliphatic imine (C=N–C) groups is 1. The Hall–Kier alpha value is -0.900. The van der Waals surface area contributed by atoms with Crippen molar-refractivity contribution >= 4 is 51.4 Å². The number of aliphatic hydroxyl groups is 2. The number of halogens is 1. The quantitative estimate of drug-likeness (QED) is 0.258. The van der Waals surface area contributed by atoms with E-state index in [2.05, 4.69) is 27.8 Å². The van der Waals surface area contributed by atoms with Crippen LogP contribution in [0.25, 0.3) is 10.1 Å². The summed E-state index contributed by atoms with van der Waals surface area (Å²) in [6.07, 6.45) is 0.727. The summed E-state index contributed by atoms with van der Waals surface area (Å²) in [6.45, 7) is 7.35. The molecule has 0 aliphatic heterocycles. The molecule has 0 saturated heterocycles. The van der Waals surface area contributed by atoms with Crippen molar-refractivity contribution < 1.29 is 10.2 Å². The summed E-state index contributed by atoms with van der Waals surface area (Å²) in [5.74, 6) is 0.614. The summed E-state index contributed by atoms with van der Waals surface area (Å²) in [5.41, 5.74) is -0.771. The Morgan fingerprint density at radius 1 is 1.19 bits per heavy atom. The smallest absolute Gasteiger partial charge is 0.191 e. The van der Waals surface area contributed by atoms with Crippen LogP contribution in [-0.2, 0) is 0 Å². The molecule has 1 heterocycles. The molecule has 1 aromatic heterocycles. The fourth-order valence-corrected chi connectivity index (χ4v) is 3.55. The lowest BCUT2D eigenvalue weighted by atomic mass is 9.98. The van der Waals surface area contributed by atoms with E-state index in [9.17, 15) is 10.2 Å². The minimum atomic E-state index is -0.771. The third-order valence-corrected chi connectivity index (χ3v) is 5.65. The number of thiophene rings is 1. The van der Waals surface area contributed by atoms with Crippen molar-refractivity contribution in [1.82, 2.24) is 10.6 Å². The van der Waals surface area contributed by atoms with Gasteiger partial charge in [-0.15, -0.1) is 35.3 Å². The molecule has 4 N–H and O–H groups in total. The molecule has 0 saturated carbocycles. The first-order valence-corrected chi connectivity index (χ1v) is 9.74. The highest BCUT2D eigenvalue weighted by molar-refractivity contribution is 14.0. The SMILES string of the molecule is CCNC(=NCC(O)(CC)CC)NCC(O)c1cc2ccccc2s1.I. The molecular weight excluding hydrogens is 461 g/mol. The number of aliphatic hydroxyl groups excluding tert-OH is 1. The molecule has 1 unspecified atom stereocenters. The highest BCUT2D eigenvalue weighted by atomic mass is 127. The van der Waals surface area contributed by atoms with E-state index < -0.39 is 11.7 Å². The van der Waals surface area contributed by atoms with Gasteiger partial charge in [0.25, 0.3) is 0 Å². The van der Waals surface area contributed by atoms with Crippen LogP contribution in [0.15, 0.2) is 35.3 Å². The Morgan fingerprint density at radius 3 is 2.50 bits per heavy atom. The van der Waals surface area contributed by atoms with Gasteiger partial charge in [0.2, 0.25) is 0 Å². The number of guanidine groups is 1. The number of nitrogens with zero attached hydrogens (tertiary/aromatic N) is 1. The molecule has 0 fully saturated rings. The van der Waals surface area contributed by atoms with Gasteiger partial charge in [-0.3, -0.25) is 4.99 Å². The van der Waals surface area contributed by atoms with Gasteiger partial charge in [0.15, 0.2) is 5.96 Å². The second-order valence-corrected chi connectivity index (χ2v) is 7.33. The van der Waals surface area contributed by atoms with Crippen molar-refractivity contribution in [2.75, 3.05) is 19.6 Å². The van der Waals surface area contributed by atoms with Crippen molar-refractivity contribution in [3.8, 4) is 0 Å². The van der Waals surface area contributed by atoms with Gasteiger partial charge in [0.1, 0.15) is 6.10 Å². The average Bonchev–Trinajstić information content (AvgIpc) is 3.07. The third-order valence-electron chi connectivity index (χ3n) is 4.43. The van der Waals surface area contributed by atoms with Gasteiger partial charge in [-0.1, -0.05) is 32.0 Å². The zero-order valence-corrected chi connectivity index (χ0v) is 18.8. The van der Waals surface area contributed by atoms with Crippen molar-refractivity contribution in [2.24, 2.45) is 4.99 Å². The molecule has 0 bridgehead atoms. The largest absolute Gasteiger partial charge is 0.388 e. The molecule has 5 nitrogen and oxygen atoms in total. The molecule has 0 aliphatic rings. The molecule has 2 rings (SSSR count). The fourth-order valence-electron chi connectivity index (χ4n) is 2.50. The Labute approximate surface area is 176 Å². The van der Waals surface area contributed by atoms with Crippen LogP contribution in [0.1, 0.15) is 44.6 Å². The van der Waals surface area contributed by atoms with Gasteiger partial charge in [0, 0.05) is 22.7 Å². The zero-order valence-electron chi connectivity index (χ0n) is 15.7. The molecule has 2 aromatic rings. The third kappa shape index (κ3) is 6.37. The minimum absolute atomic E-state index is 0. The second kappa shape index (κ2) is 11.1. The van der Waals surface area contributed by atoms with E-state index in [4.69, 9.17) is 0 Å². The van der Waals surface area contributed by atoms with Crippen molar-refractivity contribution in [2.45, 2.75) is 45.3 Å². The molecule has 1 atom stereocenters. The summed E-state index contributed by atoms with van der Waals surface area (Å²) in [7, 11) is 0. The van der Waals surface area contributed by atoms with E-state index in [0.717, 1.165) is 16.8 Å². The fraction of sp³-hybridized carbons (Fsp3) is 0.526. The van der Waals surface area contributed by atoms with E-state index in [-0.39, 0.29) is 24.0 Å². The number of hydrogen-bond acceptors (Lipinski definition) is 4. The molecule has 7 heteroatoms. The maximum absolute atomic E-state index is 10.5. The molecule has 1 aromatic carbocycles. The van der Waals surface area contributed by atoms with Crippen LogP contribution < -0.4 is 10.6 Å². The highest BCUT2D eigenvalue weighted by Gasteiger charge is 2.21. The van der Waals surface area contributed by atoms with Crippen molar-refractivity contribution in [1.29, 1.82) is 0 Å². The molecule has 0 spiro atoms. The average molecular weight is 491 g/mol. The predicted octanol–water partition coefficient (Wildman–Crippen LogP) is 3.66. The number of benzene rings is 1. The van der Waals surface area contributed by atoms with Crippen LogP contribution in [0, 0.1) is 0 Å². The van der Waals surface area contributed by atoms with Crippen LogP contribution in [0.2, 0.25) is 0 Å². The van der Waals surface area contributed by atoms with E-state index in [0.29, 0.717) is 31.9 Å². The second-order valence-electron chi connectivity index (χ2n) is 6.21. The lowest BCUT2D eigenvalue weighted by Gasteiger charge is -2.23. The summed E-state index contributed by atoms with van der Waals surface area (Å²) >= 11 is 1.60. The topological polar surface area (TPSA) is 76.9 Å². The van der Waals surface area contributed by atoms with E-state index in [1.807, 2.05) is 39.0 Å². The maximum Gasteiger partial charge on any atom is 0.191 e. The van der Waals surface area contributed by atoms with Crippen LogP contribution in [0.3, 0.4) is 0 Å². The Bertz CT molecular complexity index is 668. The molecule has 0 amide bonds. The Kier molecular flexibility index (Phi) is 9.84. The molecule has 0 radical (unpaired) electrons. The standard InChI is InChI=1S/C19H29N3O2S.HI/c1-4-19(24,5-2)13-22-18(20-6-3)21-12-15(23)17-11-14-9-7-8-10-16(14)25-17;/h7-11,15,23-24H,4-6,12-13H2,1-3H3,(H2,20,21,22);1H. The number of rotatable bonds is 8. The Balaban J connectivity index is 0.00000338. The van der Waals surface area contributed by atoms with Gasteiger partial charge in [0.05, 0.1) is 12.1 Å². The van der Waals surface area contributed by atoms with Crippen molar-refractivity contribution in [3.63, 3.8) is 0 Å². The van der Waals surface area contributed by atoms with Gasteiger partial charge >= 0.3 is 0 Å². The monoisotopic (exact) mass is 491 g/mol. The van der Waals surface area contributed by atoms with E-state index >= 15 is 0 Å². The normalized spacial score (nSPS) is 13.3. The molecular formula is C19H30IN3O2S. The lowest BCUT2D eigenvalue weighted by molar-refractivity contribution is 0.0418. The molecule has 0 aliphatic carbocycles. The summed E-state index contributed by atoms with van der Waals surface area (Å²) in [4.78, 5) is 5.41. The number of fused-ring (bicyclic) bond motifs is 1. The number of nitrogens with one attached hydrogen (secondary N) is 2. The first-order chi connectivity index (χ1) is 12.0. The van der Waals surface area contributed by atoms with Crippen molar-refractivity contribution in [3.05, 3.63) is 35.2 Å². The van der Waals surface area contributed by atoms with E-state index in [1.54, 1.807) is 11.3 Å². The van der Waals surface area contributed by atoms with Crippen LogP contribution in [0.4, 0.5) is 0 Å². The highest BCUT2D eigenvalue weighted by Crippen LogP contribution is 2.29. The van der Waals surface area contributed by atoms with E-state index in [1.165, 1.54) is 4.70 Å². The summed E-state index contributed by atoms with van der Waals surface area (Å²) in [6, 6.07) is 10.2. The molecule has 146 valence electrons.